The first-order valence-corrected chi connectivity index (χ1v) is 6.78. The van der Waals surface area contributed by atoms with Crippen LogP contribution in [0.15, 0.2) is 24.3 Å². The summed E-state index contributed by atoms with van der Waals surface area (Å²) >= 11 is 11.6. The van der Waals surface area contributed by atoms with Gasteiger partial charge in [0.25, 0.3) is 0 Å². The number of hydrogen-bond donors (Lipinski definition) is 1. The summed E-state index contributed by atoms with van der Waals surface area (Å²) in [6.07, 6.45) is 0. The molecule has 2 rings (SSSR count). The van der Waals surface area contributed by atoms with Gasteiger partial charge in [-0.1, -0.05) is 44.0 Å². The van der Waals surface area contributed by atoms with E-state index in [4.69, 9.17) is 23.2 Å². The number of benzene rings is 1. The van der Waals surface area contributed by atoms with E-state index in [1.165, 1.54) is 12.1 Å². The lowest BCUT2D eigenvalue weighted by Gasteiger charge is -2.17. The maximum atomic E-state index is 13.4. The number of hydrogen-bond acceptors (Lipinski definition) is 3. The summed E-state index contributed by atoms with van der Waals surface area (Å²) in [4.78, 5) is 8.59. The average Bonchev–Trinajstić information content (AvgIpc) is 2.32. The lowest BCUT2D eigenvalue weighted by molar-refractivity contribution is 0.546. The van der Waals surface area contributed by atoms with E-state index in [9.17, 15) is 4.39 Å². The highest BCUT2D eigenvalue weighted by Gasteiger charge is 2.19. The van der Waals surface area contributed by atoms with Gasteiger partial charge in [-0.05, 0) is 18.2 Å². The molecule has 0 saturated heterocycles. The smallest absolute Gasteiger partial charge is 0.143 e. The lowest BCUT2D eigenvalue weighted by Crippen LogP contribution is -2.16. The topological polar surface area (TPSA) is 37.8 Å². The Morgan fingerprint density at radius 3 is 2.40 bits per heavy atom. The Labute approximate surface area is 127 Å². The summed E-state index contributed by atoms with van der Waals surface area (Å²) in [5.41, 5.74) is 0.313. The molecule has 0 spiro atoms. The van der Waals surface area contributed by atoms with E-state index in [2.05, 4.69) is 15.3 Å². The first kappa shape index (κ1) is 15.0. The number of aromatic nitrogens is 2. The van der Waals surface area contributed by atoms with E-state index >= 15 is 0 Å². The summed E-state index contributed by atoms with van der Waals surface area (Å²) in [6.45, 7) is 5.97. The van der Waals surface area contributed by atoms with Crippen molar-refractivity contribution in [2.45, 2.75) is 26.2 Å². The van der Waals surface area contributed by atoms with Crippen LogP contribution in [0.1, 0.15) is 26.6 Å². The van der Waals surface area contributed by atoms with Gasteiger partial charge in [0.2, 0.25) is 0 Å². The molecule has 6 heteroatoms. The minimum Gasteiger partial charge on any atom is -0.340 e. The summed E-state index contributed by atoms with van der Waals surface area (Å²) in [5.74, 6) is 0.631. The molecule has 0 atom stereocenters. The van der Waals surface area contributed by atoms with Gasteiger partial charge in [0.1, 0.15) is 22.6 Å². The Kier molecular flexibility index (Phi) is 4.16. The van der Waals surface area contributed by atoms with E-state index in [1.807, 2.05) is 20.8 Å². The molecule has 0 fully saturated rings. The maximum absolute atomic E-state index is 13.4. The summed E-state index contributed by atoms with van der Waals surface area (Å²) < 4.78 is 13.4. The fraction of sp³-hybridized carbons (Fsp3) is 0.286. The van der Waals surface area contributed by atoms with Gasteiger partial charge in [-0.25, -0.2) is 14.4 Å². The molecule has 0 radical (unpaired) electrons. The predicted molar refractivity (Wildman–Crippen MR) is 80.4 cm³/mol. The second-order valence-electron chi connectivity index (χ2n) is 5.40. The normalized spacial score (nSPS) is 11.5. The van der Waals surface area contributed by atoms with Crippen LogP contribution in [0.5, 0.6) is 0 Å². The molecule has 106 valence electrons. The Morgan fingerprint density at radius 2 is 1.80 bits per heavy atom. The van der Waals surface area contributed by atoms with E-state index < -0.39 is 5.82 Å². The predicted octanol–water partition coefficient (Wildman–Crippen LogP) is 4.96. The van der Waals surface area contributed by atoms with E-state index in [0.717, 1.165) is 0 Å². The number of nitrogens with one attached hydrogen (secondary N) is 1. The van der Waals surface area contributed by atoms with E-state index in [0.29, 0.717) is 22.5 Å². The molecule has 0 unspecified atom stereocenters. The van der Waals surface area contributed by atoms with Gasteiger partial charge in [-0.2, -0.15) is 0 Å². The van der Waals surface area contributed by atoms with Gasteiger partial charge in [0.05, 0.1) is 5.02 Å². The zero-order chi connectivity index (χ0) is 14.9. The minimum atomic E-state index is -0.493. The third-order valence-electron chi connectivity index (χ3n) is 2.56. The Bertz CT molecular complexity index is 639. The molecule has 1 heterocycles. The molecule has 0 bridgehead atoms. The third-order valence-corrected chi connectivity index (χ3v) is 3.06. The van der Waals surface area contributed by atoms with Crippen molar-refractivity contribution >= 4 is 34.7 Å². The molecule has 20 heavy (non-hydrogen) atoms. The molecule has 0 aliphatic carbocycles. The first-order chi connectivity index (χ1) is 9.25. The van der Waals surface area contributed by atoms with Gasteiger partial charge < -0.3 is 5.32 Å². The highest BCUT2D eigenvalue weighted by Crippen LogP contribution is 2.25. The van der Waals surface area contributed by atoms with Crippen molar-refractivity contribution in [3.05, 3.63) is 46.1 Å². The fourth-order valence-corrected chi connectivity index (χ4v) is 1.84. The molecule has 0 saturated carbocycles. The molecule has 0 amide bonds. The molecule has 3 nitrogen and oxygen atoms in total. The summed E-state index contributed by atoms with van der Waals surface area (Å²) in [7, 11) is 0. The number of halogens is 3. The van der Waals surface area contributed by atoms with Crippen molar-refractivity contribution in [2.24, 2.45) is 0 Å². The third kappa shape index (κ3) is 3.58. The number of nitrogens with zero attached hydrogens (tertiary/aromatic N) is 2. The van der Waals surface area contributed by atoms with Crippen LogP contribution in [-0.2, 0) is 5.41 Å². The zero-order valence-electron chi connectivity index (χ0n) is 11.3. The van der Waals surface area contributed by atoms with Crippen molar-refractivity contribution in [3.8, 4) is 0 Å². The Hall–Kier alpha value is -1.39. The van der Waals surface area contributed by atoms with Gasteiger partial charge in [-0.3, -0.25) is 0 Å². The first-order valence-electron chi connectivity index (χ1n) is 6.03. The zero-order valence-corrected chi connectivity index (χ0v) is 12.8. The van der Waals surface area contributed by atoms with Gasteiger partial charge in [0.15, 0.2) is 0 Å². The minimum absolute atomic E-state index is 0.0756. The van der Waals surface area contributed by atoms with Crippen LogP contribution in [0, 0.1) is 5.82 Å². The molecule has 1 N–H and O–H groups in total. The molecular formula is C14H14Cl2FN3. The van der Waals surface area contributed by atoms with Crippen molar-refractivity contribution in [1.29, 1.82) is 0 Å². The monoisotopic (exact) mass is 313 g/mol. The van der Waals surface area contributed by atoms with Crippen molar-refractivity contribution in [3.63, 3.8) is 0 Å². The molecule has 0 aliphatic heterocycles. The standard InChI is InChI=1S/C14H14Cl2FN3/c1-14(2,3)13-19-11(16)7-12(20-13)18-8-4-5-9(15)10(17)6-8/h4-7H,1-3H3,(H,18,19,20). The van der Waals surface area contributed by atoms with Crippen LogP contribution in [0.25, 0.3) is 0 Å². The Balaban J connectivity index is 2.33. The fourth-order valence-electron chi connectivity index (χ4n) is 1.54. The van der Waals surface area contributed by atoms with Crippen molar-refractivity contribution < 1.29 is 4.39 Å². The molecule has 1 aromatic carbocycles. The quantitative estimate of drug-likeness (QED) is 0.796. The SMILES string of the molecule is CC(C)(C)c1nc(Cl)cc(Nc2ccc(Cl)c(F)c2)n1. The average molecular weight is 314 g/mol. The van der Waals surface area contributed by atoms with Crippen molar-refractivity contribution in [1.82, 2.24) is 9.97 Å². The Morgan fingerprint density at radius 1 is 1.10 bits per heavy atom. The molecule has 1 aromatic heterocycles. The second-order valence-corrected chi connectivity index (χ2v) is 6.20. The van der Waals surface area contributed by atoms with Gasteiger partial charge in [0, 0.05) is 17.2 Å². The lowest BCUT2D eigenvalue weighted by atomic mass is 9.96. The largest absolute Gasteiger partial charge is 0.340 e. The van der Waals surface area contributed by atoms with E-state index in [-0.39, 0.29) is 10.4 Å². The molecule has 0 aliphatic rings. The summed E-state index contributed by atoms with van der Waals surface area (Å²) in [5, 5.41) is 3.40. The molecular weight excluding hydrogens is 300 g/mol. The van der Waals surface area contributed by atoms with E-state index in [1.54, 1.807) is 12.1 Å². The van der Waals surface area contributed by atoms with Crippen LogP contribution < -0.4 is 5.32 Å². The van der Waals surface area contributed by atoms with Crippen LogP contribution in [0.2, 0.25) is 10.2 Å². The maximum Gasteiger partial charge on any atom is 0.143 e. The summed E-state index contributed by atoms with van der Waals surface area (Å²) in [6, 6.07) is 6.03. The van der Waals surface area contributed by atoms with Gasteiger partial charge >= 0.3 is 0 Å². The van der Waals surface area contributed by atoms with Crippen LogP contribution in [0.3, 0.4) is 0 Å². The molecule has 2 aromatic rings. The van der Waals surface area contributed by atoms with Crippen LogP contribution in [-0.4, -0.2) is 9.97 Å². The number of rotatable bonds is 2. The number of anilines is 2. The highest BCUT2D eigenvalue weighted by molar-refractivity contribution is 6.30. The van der Waals surface area contributed by atoms with Crippen LogP contribution >= 0.6 is 23.2 Å². The highest BCUT2D eigenvalue weighted by atomic mass is 35.5. The second kappa shape index (κ2) is 5.54. The van der Waals surface area contributed by atoms with Crippen LogP contribution in [0.4, 0.5) is 15.9 Å². The van der Waals surface area contributed by atoms with Gasteiger partial charge in [-0.15, -0.1) is 0 Å². The van der Waals surface area contributed by atoms with Crippen molar-refractivity contribution in [2.75, 3.05) is 5.32 Å².